The first kappa shape index (κ1) is 14.3. The van der Waals surface area contributed by atoms with Gasteiger partial charge in [-0.2, -0.15) is 0 Å². The summed E-state index contributed by atoms with van der Waals surface area (Å²) in [5, 5.41) is 12.1. The van der Waals surface area contributed by atoms with E-state index >= 15 is 0 Å². The van der Waals surface area contributed by atoms with E-state index < -0.39 is 11.4 Å². The molecule has 2 aliphatic carbocycles. The molecule has 0 bridgehead atoms. The van der Waals surface area contributed by atoms with E-state index in [0.29, 0.717) is 19.4 Å². The van der Waals surface area contributed by atoms with Gasteiger partial charge in [0.1, 0.15) is 0 Å². The Morgan fingerprint density at radius 2 is 1.89 bits per heavy atom. The predicted molar refractivity (Wildman–Crippen MR) is 71.4 cm³/mol. The molecule has 2 unspecified atom stereocenters. The fourth-order valence-corrected chi connectivity index (χ4v) is 3.29. The first-order chi connectivity index (χ1) is 9.09. The number of carboxylic acid groups (broad SMARTS) is 1. The van der Waals surface area contributed by atoms with Gasteiger partial charge < -0.3 is 16.2 Å². The molecule has 0 saturated heterocycles. The average molecular weight is 268 g/mol. The third kappa shape index (κ3) is 2.91. The number of rotatable bonds is 5. The van der Waals surface area contributed by atoms with Crippen LogP contribution >= 0.6 is 0 Å². The number of carbonyl (C=O) groups is 2. The van der Waals surface area contributed by atoms with Crippen LogP contribution in [0.5, 0.6) is 0 Å². The van der Waals surface area contributed by atoms with E-state index in [0.717, 1.165) is 32.1 Å². The molecule has 108 valence electrons. The molecule has 5 heteroatoms. The number of hydrogen-bond donors (Lipinski definition) is 3. The maximum Gasteiger partial charge on any atom is 0.311 e. The fraction of sp³-hybridized carbons (Fsp3) is 0.857. The Balaban J connectivity index is 1.88. The van der Waals surface area contributed by atoms with Gasteiger partial charge in [-0.25, -0.2) is 0 Å². The van der Waals surface area contributed by atoms with Crippen molar-refractivity contribution in [3.05, 3.63) is 0 Å². The molecule has 2 fully saturated rings. The minimum absolute atomic E-state index is 0.00248. The lowest BCUT2D eigenvalue weighted by Crippen LogP contribution is -2.50. The van der Waals surface area contributed by atoms with Crippen molar-refractivity contribution < 1.29 is 14.7 Å². The molecule has 4 N–H and O–H groups in total. The summed E-state index contributed by atoms with van der Waals surface area (Å²) in [6.07, 6.45) is 6.40. The largest absolute Gasteiger partial charge is 0.481 e. The van der Waals surface area contributed by atoms with Crippen molar-refractivity contribution in [2.45, 2.75) is 44.9 Å². The fourth-order valence-electron chi connectivity index (χ4n) is 3.29. The highest BCUT2D eigenvalue weighted by Crippen LogP contribution is 2.40. The molecule has 0 heterocycles. The van der Waals surface area contributed by atoms with Crippen molar-refractivity contribution in [3.8, 4) is 0 Å². The summed E-state index contributed by atoms with van der Waals surface area (Å²) in [4.78, 5) is 23.5. The number of aliphatic carboxylic acids is 1. The lowest BCUT2D eigenvalue weighted by Gasteiger charge is -2.38. The molecular weight excluding hydrogens is 244 g/mol. The van der Waals surface area contributed by atoms with Crippen molar-refractivity contribution in [2.24, 2.45) is 23.0 Å². The zero-order valence-corrected chi connectivity index (χ0v) is 11.4. The minimum atomic E-state index is -0.780. The maximum atomic E-state index is 12.2. The third-order valence-corrected chi connectivity index (χ3v) is 4.91. The summed E-state index contributed by atoms with van der Waals surface area (Å²) in [6, 6.07) is 0. The van der Waals surface area contributed by atoms with Crippen molar-refractivity contribution in [1.29, 1.82) is 0 Å². The number of amides is 1. The predicted octanol–water partition coefficient (Wildman–Crippen LogP) is 1.12. The van der Waals surface area contributed by atoms with Crippen LogP contribution in [0.15, 0.2) is 0 Å². The standard InChI is InChI=1S/C14H24N2O3/c15-8-10-4-1-2-5-11(10)12(17)16-9-14(13(18)19)6-3-7-14/h10-11H,1-9,15H2,(H,16,17)(H,18,19). The van der Waals surface area contributed by atoms with Crippen LogP contribution in [0, 0.1) is 17.3 Å². The number of nitrogens with one attached hydrogen (secondary N) is 1. The summed E-state index contributed by atoms with van der Waals surface area (Å²) in [5.41, 5.74) is 5.02. The first-order valence-corrected chi connectivity index (χ1v) is 7.30. The van der Waals surface area contributed by atoms with Crippen LogP contribution in [0.4, 0.5) is 0 Å². The molecule has 0 aromatic carbocycles. The van der Waals surface area contributed by atoms with Crippen LogP contribution in [-0.2, 0) is 9.59 Å². The van der Waals surface area contributed by atoms with Crippen molar-refractivity contribution in [3.63, 3.8) is 0 Å². The minimum Gasteiger partial charge on any atom is -0.481 e. The molecule has 0 aromatic rings. The van der Waals surface area contributed by atoms with Crippen LogP contribution in [-0.4, -0.2) is 30.1 Å². The smallest absolute Gasteiger partial charge is 0.311 e. The summed E-state index contributed by atoms with van der Waals surface area (Å²) < 4.78 is 0. The van der Waals surface area contributed by atoms with Gasteiger partial charge in [0.25, 0.3) is 0 Å². The Morgan fingerprint density at radius 1 is 1.21 bits per heavy atom. The topological polar surface area (TPSA) is 92.4 Å². The third-order valence-electron chi connectivity index (χ3n) is 4.91. The van der Waals surface area contributed by atoms with E-state index in [2.05, 4.69) is 5.32 Å². The number of carboxylic acids is 1. The van der Waals surface area contributed by atoms with Gasteiger partial charge in [-0.3, -0.25) is 9.59 Å². The van der Waals surface area contributed by atoms with Gasteiger partial charge in [0.05, 0.1) is 5.41 Å². The van der Waals surface area contributed by atoms with E-state index in [1.807, 2.05) is 0 Å². The van der Waals surface area contributed by atoms with Crippen molar-refractivity contribution >= 4 is 11.9 Å². The van der Waals surface area contributed by atoms with Crippen molar-refractivity contribution in [1.82, 2.24) is 5.32 Å². The van der Waals surface area contributed by atoms with E-state index in [1.165, 1.54) is 0 Å². The first-order valence-electron chi connectivity index (χ1n) is 7.30. The Kier molecular flexibility index (Phi) is 4.45. The molecule has 2 saturated carbocycles. The zero-order valence-electron chi connectivity index (χ0n) is 11.4. The quantitative estimate of drug-likeness (QED) is 0.696. The Morgan fingerprint density at radius 3 is 2.42 bits per heavy atom. The Hall–Kier alpha value is -1.10. The molecule has 5 nitrogen and oxygen atoms in total. The van der Waals surface area contributed by atoms with Gasteiger partial charge in [-0.1, -0.05) is 19.3 Å². The van der Waals surface area contributed by atoms with Gasteiger partial charge in [0.15, 0.2) is 0 Å². The van der Waals surface area contributed by atoms with E-state index in [1.54, 1.807) is 0 Å². The van der Waals surface area contributed by atoms with Crippen LogP contribution in [0.1, 0.15) is 44.9 Å². The van der Waals surface area contributed by atoms with Gasteiger partial charge in [0.2, 0.25) is 5.91 Å². The van der Waals surface area contributed by atoms with Gasteiger partial charge >= 0.3 is 5.97 Å². The average Bonchev–Trinajstić information content (AvgIpc) is 2.36. The van der Waals surface area contributed by atoms with Crippen LogP contribution in [0.3, 0.4) is 0 Å². The maximum absolute atomic E-state index is 12.2. The van der Waals surface area contributed by atoms with E-state index in [-0.39, 0.29) is 24.3 Å². The molecule has 0 radical (unpaired) electrons. The molecule has 2 rings (SSSR count). The molecular formula is C14H24N2O3. The highest BCUT2D eigenvalue weighted by molar-refractivity contribution is 5.81. The van der Waals surface area contributed by atoms with Gasteiger partial charge in [0, 0.05) is 12.5 Å². The normalized spacial score (nSPS) is 29.3. The lowest BCUT2D eigenvalue weighted by atomic mass is 9.68. The second kappa shape index (κ2) is 5.90. The SMILES string of the molecule is NCC1CCCCC1C(=O)NCC1(C(=O)O)CCC1. The lowest BCUT2D eigenvalue weighted by molar-refractivity contribution is -0.154. The molecule has 0 aromatic heterocycles. The van der Waals surface area contributed by atoms with Crippen LogP contribution in [0.2, 0.25) is 0 Å². The number of carbonyl (C=O) groups excluding carboxylic acids is 1. The van der Waals surface area contributed by atoms with E-state index in [4.69, 9.17) is 5.73 Å². The van der Waals surface area contributed by atoms with Gasteiger partial charge in [-0.15, -0.1) is 0 Å². The van der Waals surface area contributed by atoms with Crippen LogP contribution < -0.4 is 11.1 Å². The highest BCUT2D eigenvalue weighted by Gasteiger charge is 2.45. The molecule has 19 heavy (non-hydrogen) atoms. The zero-order chi connectivity index (χ0) is 13.9. The highest BCUT2D eigenvalue weighted by atomic mass is 16.4. The summed E-state index contributed by atoms with van der Waals surface area (Å²) >= 11 is 0. The second-order valence-electron chi connectivity index (χ2n) is 6.04. The summed E-state index contributed by atoms with van der Waals surface area (Å²) in [6.45, 7) is 0.817. The molecule has 0 spiro atoms. The summed E-state index contributed by atoms with van der Waals surface area (Å²) in [5.74, 6) is -0.540. The van der Waals surface area contributed by atoms with E-state index in [9.17, 15) is 14.7 Å². The molecule has 2 atom stereocenters. The second-order valence-corrected chi connectivity index (χ2v) is 6.04. The Labute approximate surface area is 113 Å². The summed E-state index contributed by atoms with van der Waals surface area (Å²) in [7, 11) is 0. The van der Waals surface area contributed by atoms with Crippen LogP contribution in [0.25, 0.3) is 0 Å². The van der Waals surface area contributed by atoms with Crippen molar-refractivity contribution in [2.75, 3.05) is 13.1 Å². The molecule has 0 aliphatic heterocycles. The molecule has 1 amide bonds. The Bertz CT molecular complexity index is 353. The number of nitrogens with two attached hydrogens (primary N) is 1. The number of hydrogen-bond acceptors (Lipinski definition) is 3. The monoisotopic (exact) mass is 268 g/mol. The van der Waals surface area contributed by atoms with Gasteiger partial charge in [-0.05, 0) is 38.1 Å². The molecule has 2 aliphatic rings.